The van der Waals surface area contributed by atoms with Crippen LogP contribution < -0.4 is 0 Å². The van der Waals surface area contributed by atoms with E-state index in [9.17, 15) is 10.2 Å². The van der Waals surface area contributed by atoms with E-state index in [2.05, 4.69) is 44.2 Å². The van der Waals surface area contributed by atoms with Crippen molar-refractivity contribution in [3.63, 3.8) is 0 Å². The highest BCUT2D eigenvalue weighted by molar-refractivity contribution is 5.89. The SMILES string of the molecule is Oc1ccccc1C=Nc1ccc(-c2nc3ccc(-c4ccc5nc(-c6ccc(N=Cc7ccccc7O)cc6)[nH]c5c4)cc3[nH]2)cc1. The van der Waals surface area contributed by atoms with Crippen molar-refractivity contribution >= 4 is 45.9 Å². The molecule has 0 fully saturated rings. The Morgan fingerprint density at radius 3 is 1.27 bits per heavy atom. The molecule has 8 heteroatoms. The number of hydrogen-bond acceptors (Lipinski definition) is 6. The van der Waals surface area contributed by atoms with Crippen molar-refractivity contribution in [2.75, 3.05) is 0 Å². The van der Waals surface area contributed by atoms with E-state index in [-0.39, 0.29) is 11.5 Å². The highest BCUT2D eigenvalue weighted by atomic mass is 16.3. The maximum atomic E-state index is 9.97. The minimum Gasteiger partial charge on any atom is -0.507 e. The summed E-state index contributed by atoms with van der Waals surface area (Å²) in [7, 11) is 0. The van der Waals surface area contributed by atoms with Gasteiger partial charge in [0.05, 0.1) is 33.4 Å². The van der Waals surface area contributed by atoms with Crippen LogP contribution in [0.15, 0.2) is 143 Å². The monoisotopic (exact) mass is 624 g/mol. The predicted molar refractivity (Wildman–Crippen MR) is 193 cm³/mol. The van der Waals surface area contributed by atoms with Gasteiger partial charge < -0.3 is 20.2 Å². The average molecular weight is 625 g/mol. The zero-order chi connectivity index (χ0) is 32.5. The number of benzene rings is 6. The third-order valence-corrected chi connectivity index (χ3v) is 8.16. The first-order valence-electron chi connectivity index (χ1n) is 15.4. The highest BCUT2D eigenvalue weighted by Crippen LogP contribution is 2.30. The summed E-state index contributed by atoms with van der Waals surface area (Å²) in [6, 6.07) is 42.3. The van der Waals surface area contributed by atoms with Crippen LogP contribution in [0, 0.1) is 0 Å². The number of para-hydroxylation sites is 2. The first kappa shape index (κ1) is 28.7. The number of imidazole rings is 2. The van der Waals surface area contributed by atoms with Crippen LogP contribution in [-0.4, -0.2) is 42.6 Å². The van der Waals surface area contributed by atoms with Crippen molar-refractivity contribution in [1.29, 1.82) is 0 Å². The molecule has 0 saturated heterocycles. The molecule has 8 aromatic rings. The van der Waals surface area contributed by atoms with Gasteiger partial charge in [-0.05, 0) is 108 Å². The number of aliphatic imine (C=N–C) groups is 2. The number of nitrogens with one attached hydrogen (secondary N) is 2. The smallest absolute Gasteiger partial charge is 0.138 e. The number of hydrogen-bond donors (Lipinski definition) is 4. The zero-order valence-corrected chi connectivity index (χ0v) is 25.5. The molecule has 0 aliphatic heterocycles. The summed E-state index contributed by atoms with van der Waals surface area (Å²) in [4.78, 5) is 25.5. The normalized spacial score (nSPS) is 11.8. The first-order valence-corrected chi connectivity index (χ1v) is 15.4. The van der Waals surface area contributed by atoms with E-state index >= 15 is 0 Å². The molecule has 230 valence electrons. The predicted octanol–water partition coefficient (Wildman–Crippen LogP) is 9.35. The molecule has 48 heavy (non-hydrogen) atoms. The Morgan fingerprint density at radius 1 is 0.458 bits per heavy atom. The highest BCUT2D eigenvalue weighted by Gasteiger charge is 2.10. The van der Waals surface area contributed by atoms with Crippen molar-refractivity contribution in [3.05, 3.63) is 145 Å². The fourth-order valence-electron chi connectivity index (χ4n) is 5.54. The van der Waals surface area contributed by atoms with Crippen molar-refractivity contribution in [1.82, 2.24) is 19.9 Å². The summed E-state index contributed by atoms with van der Waals surface area (Å²) >= 11 is 0. The molecule has 0 unspecified atom stereocenters. The lowest BCUT2D eigenvalue weighted by Crippen LogP contribution is -1.82. The third-order valence-electron chi connectivity index (χ3n) is 8.16. The molecule has 0 aliphatic rings. The molecular formula is C40H28N6O2. The summed E-state index contributed by atoms with van der Waals surface area (Å²) in [6.07, 6.45) is 3.31. The lowest BCUT2D eigenvalue weighted by molar-refractivity contribution is 0.474. The molecule has 0 spiro atoms. The summed E-state index contributed by atoms with van der Waals surface area (Å²) < 4.78 is 0. The number of aromatic amines is 2. The minimum atomic E-state index is 0.199. The van der Waals surface area contributed by atoms with Gasteiger partial charge >= 0.3 is 0 Å². The van der Waals surface area contributed by atoms with Crippen molar-refractivity contribution in [2.24, 2.45) is 9.98 Å². The lowest BCUT2D eigenvalue weighted by Gasteiger charge is -2.02. The molecule has 8 rings (SSSR count). The van der Waals surface area contributed by atoms with E-state index in [0.717, 1.165) is 67.3 Å². The maximum Gasteiger partial charge on any atom is 0.138 e. The molecule has 0 atom stereocenters. The molecule has 8 nitrogen and oxygen atoms in total. The quantitative estimate of drug-likeness (QED) is 0.132. The van der Waals surface area contributed by atoms with Crippen LogP contribution in [0.4, 0.5) is 11.4 Å². The molecule has 6 aromatic carbocycles. The molecule has 0 saturated carbocycles. The molecule has 0 radical (unpaired) electrons. The second kappa shape index (κ2) is 12.2. The summed E-state index contributed by atoms with van der Waals surface area (Å²) in [6.45, 7) is 0. The van der Waals surface area contributed by atoms with Gasteiger partial charge in [0.25, 0.3) is 0 Å². The van der Waals surface area contributed by atoms with Crippen LogP contribution in [0.3, 0.4) is 0 Å². The molecule has 0 amide bonds. The van der Waals surface area contributed by atoms with E-state index in [0.29, 0.717) is 11.1 Å². The number of aromatic nitrogens is 4. The first-order chi connectivity index (χ1) is 23.6. The Hall–Kier alpha value is -6.80. The van der Waals surface area contributed by atoms with Gasteiger partial charge in [-0.25, -0.2) is 9.97 Å². The number of rotatable bonds is 7. The Balaban J connectivity index is 0.997. The lowest BCUT2D eigenvalue weighted by atomic mass is 10.0. The number of nitrogens with zero attached hydrogens (tertiary/aromatic N) is 4. The molecule has 0 bridgehead atoms. The molecule has 2 aromatic heterocycles. The van der Waals surface area contributed by atoms with E-state index in [4.69, 9.17) is 9.97 Å². The van der Waals surface area contributed by atoms with E-state index in [1.54, 1.807) is 36.7 Å². The van der Waals surface area contributed by atoms with Gasteiger partial charge in [-0.2, -0.15) is 0 Å². The van der Waals surface area contributed by atoms with Crippen LogP contribution in [0.25, 0.3) is 56.0 Å². The van der Waals surface area contributed by atoms with Crippen LogP contribution in [-0.2, 0) is 0 Å². The van der Waals surface area contributed by atoms with E-state index in [1.165, 1.54) is 0 Å². The van der Waals surface area contributed by atoms with Gasteiger partial charge in [-0.3, -0.25) is 9.98 Å². The van der Waals surface area contributed by atoms with Gasteiger partial charge in [-0.1, -0.05) is 36.4 Å². The molecular weight excluding hydrogens is 596 g/mol. The van der Waals surface area contributed by atoms with Crippen LogP contribution >= 0.6 is 0 Å². The number of phenolic OH excluding ortho intramolecular Hbond substituents is 2. The van der Waals surface area contributed by atoms with Gasteiger partial charge in [0.2, 0.25) is 0 Å². The Kier molecular flexibility index (Phi) is 7.28. The second-order valence-corrected chi connectivity index (χ2v) is 11.4. The van der Waals surface area contributed by atoms with Gasteiger partial charge in [0, 0.05) is 34.7 Å². The number of H-pyrrole nitrogens is 2. The van der Waals surface area contributed by atoms with Crippen molar-refractivity contribution < 1.29 is 10.2 Å². The number of aromatic hydroxyl groups is 2. The van der Waals surface area contributed by atoms with Crippen LogP contribution in [0.2, 0.25) is 0 Å². The summed E-state index contributed by atoms with van der Waals surface area (Å²) in [5.41, 5.74) is 10.6. The van der Waals surface area contributed by atoms with Crippen molar-refractivity contribution in [2.45, 2.75) is 0 Å². The van der Waals surface area contributed by atoms with Gasteiger partial charge in [0.1, 0.15) is 23.1 Å². The Labute approximate surface area is 275 Å². The maximum absolute atomic E-state index is 9.97. The molecule has 4 N–H and O–H groups in total. The average Bonchev–Trinajstić information content (AvgIpc) is 3.75. The Morgan fingerprint density at radius 2 is 0.854 bits per heavy atom. The summed E-state index contributed by atoms with van der Waals surface area (Å²) in [5.74, 6) is 1.96. The van der Waals surface area contributed by atoms with Gasteiger partial charge in [0.15, 0.2) is 0 Å². The summed E-state index contributed by atoms with van der Waals surface area (Å²) in [5, 5.41) is 19.9. The van der Waals surface area contributed by atoms with Crippen LogP contribution in [0.5, 0.6) is 11.5 Å². The second-order valence-electron chi connectivity index (χ2n) is 11.4. The number of fused-ring (bicyclic) bond motifs is 2. The fraction of sp³-hybridized carbons (Fsp3) is 0. The topological polar surface area (TPSA) is 123 Å². The largest absolute Gasteiger partial charge is 0.507 e. The standard InChI is InChI=1S/C40H28N6O2/c47-37-7-3-1-5-29(37)23-41-31-15-9-25(10-16-31)39-43-33-19-13-27(21-35(33)45-39)28-14-20-34-36(22-28)46-40(44-34)26-11-17-32(18-12-26)42-24-30-6-2-4-8-38(30)48/h1-24,47-48H,(H,43,45)(H,44,46). The minimum absolute atomic E-state index is 0.199. The molecule has 0 aliphatic carbocycles. The number of phenols is 2. The van der Waals surface area contributed by atoms with Crippen molar-refractivity contribution in [3.8, 4) is 45.4 Å². The zero-order valence-electron chi connectivity index (χ0n) is 25.5. The Bertz CT molecular complexity index is 2300. The van der Waals surface area contributed by atoms with Gasteiger partial charge in [-0.15, -0.1) is 0 Å². The van der Waals surface area contributed by atoms with E-state index < -0.39 is 0 Å². The molecule has 2 heterocycles. The van der Waals surface area contributed by atoms with E-state index in [1.807, 2.05) is 84.9 Å². The van der Waals surface area contributed by atoms with Crippen LogP contribution in [0.1, 0.15) is 11.1 Å². The fourth-order valence-corrected chi connectivity index (χ4v) is 5.54. The third kappa shape index (κ3) is 5.81.